The lowest BCUT2D eigenvalue weighted by Gasteiger charge is -2.18. The van der Waals surface area contributed by atoms with E-state index in [9.17, 15) is 8.78 Å². The van der Waals surface area contributed by atoms with Crippen LogP contribution in [0.3, 0.4) is 0 Å². The Balaban J connectivity index is 2.32. The Morgan fingerprint density at radius 1 is 0.950 bits per heavy atom. The van der Waals surface area contributed by atoms with E-state index in [-0.39, 0.29) is 11.7 Å². The topological polar surface area (TPSA) is 12.0 Å². The smallest absolute Gasteiger partial charge is 0.152 e. The molecule has 0 spiro atoms. The molecule has 1 N–H and O–H groups in total. The monoisotopic (exact) mass is 275 g/mol. The number of nitrogens with one attached hydrogen (secondary N) is 1. The fraction of sp³-hybridized carbons (Fsp3) is 0.294. The molecule has 106 valence electrons. The summed E-state index contributed by atoms with van der Waals surface area (Å²) in [6.07, 6.45) is 0. The van der Waals surface area contributed by atoms with Gasteiger partial charge in [0, 0.05) is 6.04 Å². The van der Waals surface area contributed by atoms with E-state index in [2.05, 4.69) is 11.4 Å². The van der Waals surface area contributed by atoms with Gasteiger partial charge >= 0.3 is 0 Å². The molecule has 0 radical (unpaired) electrons. The Morgan fingerprint density at radius 2 is 1.55 bits per heavy atom. The van der Waals surface area contributed by atoms with E-state index in [0.717, 1.165) is 16.7 Å². The molecule has 0 saturated heterocycles. The van der Waals surface area contributed by atoms with Crippen LogP contribution in [0.5, 0.6) is 0 Å². The maximum absolute atomic E-state index is 14.0. The summed E-state index contributed by atoms with van der Waals surface area (Å²) < 4.78 is 27.8. The lowest BCUT2D eigenvalue weighted by atomic mass is 10.0. The Bertz CT molecular complexity index is 615. The molecule has 2 aromatic carbocycles. The third kappa shape index (κ3) is 2.98. The summed E-state index contributed by atoms with van der Waals surface area (Å²) in [5, 5.41) is 2.94. The summed E-state index contributed by atoms with van der Waals surface area (Å²) in [7, 11) is 0. The maximum Gasteiger partial charge on any atom is 0.152 e. The summed E-state index contributed by atoms with van der Waals surface area (Å²) in [5.74, 6) is -1.09. The largest absolute Gasteiger partial charge is 0.374 e. The number of hydrogen-bond acceptors (Lipinski definition) is 1. The number of halogens is 2. The van der Waals surface area contributed by atoms with Crippen molar-refractivity contribution in [3.8, 4) is 0 Å². The summed E-state index contributed by atoms with van der Waals surface area (Å²) in [6.45, 7) is 7.55. The van der Waals surface area contributed by atoms with Gasteiger partial charge in [-0.1, -0.05) is 35.4 Å². The van der Waals surface area contributed by atoms with Crippen LogP contribution in [-0.2, 0) is 0 Å². The summed E-state index contributed by atoms with van der Waals surface area (Å²) >= 11 is 0. The van der Waals surface area contributed by atoms with Crippen molar-refractivity contribution in [2.24, 2.45) is 0 Å². The Hall–Kier alpha value is -1.90. The van der Waals surface area contributed by atoms with Crippen molar-refractivity contribution in [3.05, 3.63) is 64.2 Å². The second-order valence-electron chi connectivity index (χ2n) is 5.34. The highest BCUT2D eigenvalue weighted by atomic mass is 19.1. The van der Waals surface area contributed by atoms with Gasteiger partial charge in [0.2, 0.25) is 0 Å². The molecule has 0 fully saturated rings. The standard InChI is InChI=1S/C17H19F2N/c1-10-7-11(2)9-14(8-10)13(4)20-17-15(18)6-5-12(3)16(17)19/h5-9,13,20H,1-4H3. The zero-order valence-electron chi connectivity index (χ0n) is 12.2. The first-order valence-corrected chi connectivity index (χ1v) is 6.68. The van der Waals surface area contributed by atoms with Crippen molar-refractivity contribution in [2.75, 3.05) is 5.32 Å². The normalized spacial score (nSPS) is 12.3. The SMILES string of the molecule is Cc1cc(C)cc(C(C)Nc2c(F)ccc(C)c2F)c1. The molecule has 3 heteroatoms. The fourth-order valence-electron chi connectivity index (χ4n) is 2.35. The zero-order chi connectivity index (χ0) is 14.9. The van der Waals surface area contributed by atoms with E-state index in [1.54, 1.807) is 6.92 Å². The van der Waals surface area contributed by atoms with Gasteiger partial charge in [-0.05, 0) is 44.9 Å². The highest BCUT2D eigenvalue weighted by Gasteiger charge is 2.15. The molecule has 1 nitrogen and oxygen atoms in total. The van der Waals surface area contributed by atoms with Crippen LogP contribution < -0.4 is 5.32 Å². The van der Waals surface area contributed by atoms with Gasteiger partial charge in [-0.3, -0.25) is 0 Å². The molecule has 0 heterocycles. The lowest BCUT2D eigenvalue weighted by molar-refractivity contribution is 0.579. The number of benzene rings is 2. The van der Waals surface area contributed by atoms with Crippen molar-refractivity contribution in [1.29, 1.82) is 0 Å². The third-order valence-corrected chi connectivity index (χ3v) is 3.39. The maximum atomic E-state index is 14.0. The van der Waals surface area contributed by atoms with Crippen molar-refractivity contribution in [2.45, 2.75) is 33.7 Å². The van der Waals surface area contributed by atoms with Gasteiger partial charge < -0.3 is 5.32 Å². The number of anilines is 1. The highest BCUT2D eigenvalue weighted by Crippen LogP contribution is 2.27. The predicted molar refractivity (Wildman–Crippen MR) is 79.0 cm³/mol. The average molecular weight is 275 g/mol. The minimum Gasteiger partial charge on any atom is -0.374 e. The van der Waals surface area contributed by atoms with Crippen LogP contribution in [0.1, 0.15) is 35.2 Å². The van der Waals surface area contributed by atoms with E-state index in [1.165, 1.54) is 12.1 Å². The van der Waals surface area contributed by atoms with Gasteiger partial charge in [-0.2, -0.15) is 0 Å². The quantitative estimate of drug-likeness (QED) is 0.825. The van der Waals surface area contributed by atoms with E-state index in [0.29, 0.717) is 5.56 Å². The molecule has 0 aliphatic carbocycles. The molecule has 0 aliphatic heterocycles. The Labute approximate surface area is 118 Å². The molecule has 1 unspecified atom stereocenters. The highest BCUT2D eigenvalue weighted by molar-refractivity contribution is 5.51. The third-order valence-electron chi connectivity index (χ3n) is 3.39. The molecule has 0 saturated carbocycles. The average Bonchev–Trinajstić information content (AvgIpc) is 2.38. The molecule has 0 amide bonds. The zero-order valence-corrected chi connectivity index (χ0v) is 12.2. The second-order valence-corrected chi connectivity index (χ2v) is 5.34. The summed E-state index contributed by atoms with van der Waals surface area (Å²) in [4.78, 5) is 0. The van der Waals surface area contributed by atoms with Gasteiger partial charge in [-0.15, -0.1) is 0 Å². The first kappa shape index (κ1) is 14.5. The fourth-order valence-corrected chi connectivity index (χ4v) is 2.35. The van der Waals surface area contributed by atoms with E-state index in [4.69, 9.17) is 0 Å². The molecule has 20 heavy (non-hydrogen) atoms. The Morgan fingerprint density at radius 3 is 2.15 bits per heavy atom. The van der Waals surface area contributed by atoms with Crippen LogP contribution in [0.25, 0.3) is 0 Å². The van der Waals surface area contributed by atoms with E-state index >= 15 is 0 Å². The van der Waals surface area contributed by atoms with E-state index < -0.39 is 11.6 Å². The molecule has 0 aromatic heterocycles. The number of rotatable bonds is 3. The van der Waals surface area contributed by atoms with Crippen molar-refractivity contribution < 1.29 is 8.78 Å². The van der Waals surface area contributed by atoms with Gasteiger partial charge in [0.15, 0.2) is 5.82 Å². The second kappa shape index (κ2) is 5.61. The molecular formula is C17H19F2N. The van der Waals surface area contributed by atoms with Crippen molar-refractivity contribution >= 4 is 5.69 Å². The summed E-state index contributed by atoms with van der Waals surface area (Å²) in [5.41, 5.74) is 3.67. The molecule has 2 aromatic rings. The van der Waals surface area contributed by atoms with Crippen LogP contribution in [0.2, 0.25) is 0 Å². The number of hydrogen-bond donors (Lipinski definition) is 1. The van der Waals surface area contributed by atoms with Crippen molar-refractivity contribution in [3.63, 3.8) is 0 Å². The van der Waals surface area contributed by atoms with Crippen molar-refractivity contribution in [1.82, 2.24) is 0 Å². The van der Waals surface area contributed by atoms with E-state index in [1.807, 2.05) is 32.9 Å². The van der Waals surface area contributed by atoms with Gasteiger partial charge in [0.05, 0.1) is 0 Å². The van der Waals surface area contributed by atoms with Gasteiger partial charge in [0.1, 0.15) is 11.5 Å². The molecule has 0 bridgehead atoms. The number of aryl methyl sites for hydroxylation is 3. The lowest BCUT2D eigenvalue weighted by Crippen LogP contribution is -2.10. The summed E-state index contributed by atoms with van der Waals surface area (Å²) in [6, 6.07) is 8.68. The molecule has 1 atom stereocenters. The molecule has 2 rings (SSSR count). The first-order chi connectivity index (χ1) is 9.38. The minimum absolute atomic E-state index is 0.0586. The van der Waals surface area contributed by atoms with Crippen LogP contribution in [-0.4, -0.2) is 0 Å². The first-order valence-electron chi connectivity index (χ1n) is 6.68. The molecular weight excluding hydrogens is 256 g/mol. The van der Waals surface area contributed by atoms with Crippen LogP contribution in [0.15, 0.2) is 30.3 Å². The van der Waals surface area contributed by atoms with Crippen LogP contribution in [0.4, 0.5) is 14.5 Å². The van der Waals surface area contributed by atoms with Crippen LogP contribution >= 0.6 is 0 Å². The molecule has 0 aliphatic rings. The Kier molecular flexibility index (Phi) is 4.07. The van der Waals surface area contributed by atoms with Gasteiger partial charge in [-0.25, -0.2) is 8.78 Å². The van der Waals surface area contributed by atoms with Gasteiger partial charge in [0.25, 0.3) is 0 Å². The predicted octanol–water partition coefficient (Wildman–Crippen LogP) is 5.06. The van der Waals surface area contributed by atoms with Crippen LogP contribution in [0, 0.1) is 32.4 Å². The minimum atomic E-state index is -0.565.